The third kappa shape index (κ3) is 3.51. The molecule has 132 valence electrons. The summed E-state index contributed by atoms with van der Waals surface area (Å²) < 4.78 is 24.4. The highest BCUT2D eigenvalue weighted by molar-refractivity contribution is 5.63. The molecule has 3 aromatic rings. The number of aromatic nitrogens is 2. The lowest BCUT2D eigenvalue weighted by Crippen LogP contribution is -2.06. The van der Waals surface area contributed by atoms with Gasteiger partial charge in [-0.2, -0.15) is 0 Å². The van der Waals surface area contributed by atoms with Crippen molar-refractivity contribution in [3.63, 3.8) is 0 Å². The number of fused-ring (bicyclic) bond motifs is 1. The van der Waals surface area contributed by atoms with Crippen LogP contribution in [0.3, 0.4) is 0 Å². The molecule has 4 rings (SSSR count). The number of halogens is 1. The molecule has 0 amide bonds. The second kappa shape index (κ2) is 6.87. The molecule has 2 N–H and O–H groups in total. The van der Waals surface area contributed by atoms with E-state index in [9.17, 15) is 4.39 Å². The molecule has 0 bridgehead atoms. The van der Waals surface area contributed by atoms with Gasteiger partial charge in [0.25, 0.3) is 0 Å². The van der Waals surface area contributed by atoms with Crippen LogP contribution in [0, 0.1) is 12.7 Å². The number of aryl methyl sites for hydroxylation is 1. The molecule has 0 saturated heterocycles. The average Bonchev–Trinajstić information content (AvgIpc) is 3.08. The molecular formula is C19H17FN4O2. The van der Waals surface area contributed by atoms with Crippen molar-refractivity contribution in [3.8, 4) is 11.5 Å². The van der Waals surface area contributed by atoms with Crippen molar-refractivity contribution < 1.29 is 13.9 Å². The zero-order chi connectivity index (χ0) is 17.9. The Kier molecular flexibility index (Phi) is 4.27. The van der Waals surface area contributed by atoms with Crippen molar-refractivity contribution in [2.75, 3.05) is 17.4 Å². The molecule has 2 aromatic carbocycles. The van der Waals surface area contributed by atoms with E-state index in [4.69, 9.17) is 9.47 Å². The summed E-state index contributed by atoms with van der Waals surface area (Å²) in [6.45, 7) is 2.38. The minimum atomic E-state index is -0.246. The van der Waals surface area contributed by atoms with Crippen LogP contribution in [0.2, 0.25) is 0 Å². The lowest BCUT2D eigenvalue weighted by molar-refractivity contribution is 0.174. The van der Waals surface area contributed by atoms with Crippen molar-refractivity contribution in [1.82, 2.24) is 9.97 Å². The van der Waals surface area contributed by atoms with Crippen LogP contribution in [0.15, 0.2) is 48.5 Å². The number of hydrogen-bond acceptors (Lipinski definition) is 6. The number of hydrogen-bond donors (Lipinski definition) is 2. The molecule has 26 heavy (non-hydrogen) atoms. The molecule has 2 heterocycles. The van der Waals surface area contributed by atoms with Crippen molar-refractivity contribution in [3.05, 3.63) is 65.7 Å². The zero-order valence-corrected chi connectivity index (χ0v) is 14.1. The van der Waals surface area contributed by atoms with E-state index < -0.39 is 0 Å². The predicted octanol–water partition coefficient (Wildman–Crippen LogP) is 4.01. The molecule has 7 heteroatoms. The van der Waals surface area contributed by atoms with Crippen molar-refractivity contribution in [1.29, 1.82) is 0 Å². The van der Waals surface area contributed by atoms with Gasteiger partial charge in [-0.25, -0.2) is 14.4 Å². The van der Waals surface area contributed by atoms with Gasteiger partial charge in [0.2, 0.25) is 6.79 Å². The predicted molar refractivity (Wildman–Crippen MR) is 96.3 cm³/mol. The highest BCUT2D eigenvalue weighted by Gasteiger charge is 2.13. The lowest BCUT2D eigenvalue weighted by atomic mass is 10.2. The topological polar surface area (TPSA) is 68.3 Å². The molecule has 0 radical (unpaired) electrons. The number of anilines is 3. The minimum Gasteiger partial charge on any atom is -0.454 e. The largest absolute Gasteiger partial charge is 0.454 e. The molecule has 0 unspecified atom stereocenters. The standard InChI is InChI=1S/C19H17FN4O2/c1-12-22-18(21-10-13-4-2-3-5-15(13)20)9-19(23-12)24-14-6-7-16-17(8-14)26-11-25-16/h2-9H,10-11H2,1H3,(H2,21,22,23,24). The molecule has 0 saturated carbocycles. The van der Waals surface area contributed by atoms with Crippen LogP contribution < -0.4 is 20.1 Å². The highest BCUT2D eigenvalue weighted by atomic mass is 19.1. The normalized spacial score (nSPS) is 12.1. The fourth-order valence-electron chi connectivity index (χ4n) is 2.67. The molecule has 1 aromatic heterocycles. The Morgan fingerprint density at radius 2 is 1.81 bits per heavy atom. The van der Waals surface area contributed by atoms with E-state index in [0.29, 0.717) is 35.3 Å². The third-order valence-electron chi connectivity index (χ3n) is 3.90. The van der Waals surface area contributed by atoms with Crippen LogP contribution in [0.1, 0.15) is 11.4 Å². The van der Waals surface area contributed by atoms with E-state index in [2.05, 4.69) is 20.6 Å². The molecule has 0 atom stereocenters. The van der Waals surface area contributed by atoms with Crippen LogP contribution in [-0.2, 0) is 6.54 Å². The van der Waals surface area contributed by atoms with Gasteiger partial charge in [-0.1, -0.05) is 18.2 Å². The Morgan fingerprint density at radius 1 is 1.00 bits per heavy atom. The van der Waals surface area contributed by atoms with E-state index >= 15 is 0 Å². The first-order valence-corrected chi connectivity index (χ1v) is 8.17. The summed E-state index contributed by atoms with van der Waals surface area (Å²) >= 11 is 0. The summed E-state index contributed by atoms with van der Waals surface area (Å²) in [5.74, 6) is 3.02. The Hall–Kier alpha value is -3.35. The van der Waals surface area contributed by atoms with Gasteiger partial charge < -0.3 is 20.1 Å². The van der Waals surface area contributed by atoms with Gasteiger partial charge in [0.1, 0.15) is 23.3 Å². The molecule has 0 fully saturated rings. The van der Waals surface area contributed by atoms with Gasteiger partial charge in [-0.3, -0.25) is 0 Å². The number of nitrogens with one attached hydrogen (secondary N) is 2. The SMILES string of the molecule is Cc1nc(NCc2ccccc2F)cc(Nc2ccc3c(c2)OCO3)n1. The summed E-state index contributed by atoms with van der Waals surface area (Å²) in [5, 5.41) is 6.36. The van der Waals surface area contributed by atoms with E-state index in [0.717, 1.165) is 11.4 Å². The number of benzene rings is 2. The van der Waals surface area contributed by atoms with Crippen LogP contribution in [-0.4, -0.2) is 16.8 Å². The Labute approximate surface area is 150 Å². The maximum absolute atomic E-state index is 13.7. The van der Waals surface area contributed by atoms with Crippen molar-refractivity contribution in [2.24, 2.45) is 0 Å². The second-order valence-electron chi connectivity index (χ2n) is 5.82. The van der Waals surface area contributed by atoms with Gasteiger partial charge in [0.15, 0.2) is 11.5 Å². The summed E-state index contributed by atoms with van der Waals surface area (Å²) in [6.07, 6.45) is 0. The van der Waals surface area contributed by atoms with Crippen molar-refractivity contribution >= 4 is 17.3 Å². The maximum atomic E-state index is 13.7. The number of rotatable bonds is 5. The minimum absolute atomic E-state index is 0.232. The van der Waals surface area contributed by atoms with Crippen molar-refractivity contribution in [2.45, 2.75) is 13.5 Å². The Bertz CT molecular complexity index is 949. The fourth-order valence-corrected chi connectivity index (χ4v) is 2.67. The summed E-state index contributed by atoms with van der Waals surface area (Å²) in [4.78, 5) is 8.74. The first-order valence-electron chi connectivity index (χ1n) is 8.17. The second-order valence-corrected chi connectivity index (χ2v) is 5.82. The third-order valence-corrected chi connectivity index (χ3v) is 3.90. The summed E-state index contributed by atoms with van der Waals surface area (Å²) in [6, 6.07) is 14.0. The van der Waals surface area contributed by atoms with Gasteiger partial charge >= 0.3 is 0 Å². The molecule has 1 aliphatic rings. The van der Waals surface area contributed by atoms with Gasteiger partial charge in [0.05, 0.1) is 0 Å². The quantitative estimate of drug-likeness (QED) is 0.723. The molecular weight excluding hydrogens is 335 g/mol. The fraction of sp³-hybridized carbons (Fsp3) is 0.158. The molecule has 0 spiro atoms. The first-order chi connectivity index (χ1) is 12.7. The van der Waals surface area contributed by atoms with E-state index in [1.54, 1.807) is 31.2 Å². The van der Waals surface area contributed by atoms with Crippen LogP contribution in [0.4, 0.5) is 21.7 Å². The van der Waals surface area contributed by atoms with Crippen LogP contribution in [0.5, 0.6) is 11.5 Å². The maximum Gasteiger partial charge on any atom is 0.231 e. The highest BCUT2D eigenvalue weighted by Crippen LogP contribution is 2.35. The molecule has 0 aliphatic carbocycles. The van der Waals surface area contributed by atoms with Crippen LogP contribution >= 0.6 is 0 Å². The first kappa shape index (κ1) is 16.1. The van der Waals surface area contributed by atoms with Gasteiger partial charge in [0, 0.05) is 29.9 Å². The summed E-state index contributed by atoms with van der Waals surface area (Å²) in [5.41, 5.74) is 1.40. The lowest BCUT2D eigenvalue weighted by Gasteiger charge is -2.11. The van der Waals surface area contributed by atoms with Crippen LogP contribution in [0.25, 0.3) is 0 Å². The van der Waals surface area contributed by atoms with Gasteiger partial charge in [-0.05, 0) is 25.1 Å². The Balaban J connectivity index is 1.50. The Morgan fingerprint density at radius 3 is 2.69 bits per heavy atom. The average molecular weight is 352 g/mol. The zero-order valence-electron chi connectivity index (χ0n) is 14.1. The monoisotopic (exact) mass is 352 g/mol. The van der Waals surface area contributed by atoms with E-state index in [-0.39, 0.29) is 12.6 Å². The number of nitrogens with zero attached hydrogens (tertiary/aromatic N) is 2. The van der Waals surface area contributed by atoms with E-state index in [1.165, 1.54) is 6.07 Å². The smallest absolute Gasteiger partial charge is 0.231 e. The van der Waals surface area contributed by atoms with E-state index in [1.807, 2.05) is 18.2 Å². The summed E-state index contributed by atoms with van der Waals surface area (Å²) in [7, 11) is 0. The molecule has 6 nitrogen and oxygen atoms in total. The number of ether oxygens (including phenoxy) is 2. The van der Waals surface area contributed by atoms with Gasteiger partial charge in [-0.15, -0.1) is 0 Å². The molecule has 1 aliphatic heterocycles.